The number of aryl methyl sites for hydroxylation is 12. The Morgan fingerprint density at radius 2 is 0.858 bits per heavy atom. The number of nitrogens with zero attached hydrogens (tertiary/aromatic N) is 4. The number of nitrogens with one attached hydrogen (secondary N) is 9. The Morgan fingerprint density at radius 1 is 0.418 bits per heavy atom. The van der Waals surface area contributed by atoms with Crippen LogP contribution in [0.5, 0.6) is 0 Å². The lowest BCUT2D eigenvalue weighted by molar-refractivity contribution is -0.258. The van der Waals surface area contributed by atoms with E-state index in [1.807, 2.05) is 18.4 Å². The highest BCUT2D eigenvalue weighted by Gasteiger charge is 2.46. The Morgan fingerprint density at radius 3 is 1.32 bits per heavy atom. The summed E-state index contributed by atoms with van der Waals surface area (Å²) in [7, 11) is 0. The molecule has 3 fully saturated rings. The average Bonchev–Trinajstić information content (AvgIpc) is 1.62. The molecule has 0 saturated carbocycles. The quantitative estimate of drug-likeness (QED) is 0.0129. The molecule has 0 radical (unpaired) electrons. The van der Waals surface area contributed by atoms with E-state index in [0.29, 0.717) is 103 Å². The molecule has 19 rings (SSSR count). The molecule has 4 unspecified atom stereocenters. The lowest BCUT2D eigenvalue weighted by atomic mass is 9.84. The number of carbonyl (C=O) groups excluding carboxylic acids is 4. The molecule has 1 spiro atoms. The Kier molecular flexibility index (Phi) is 39.8. The van der Waals surface area contributed by atoms with E-state index in [1.54, 1.807) is 0 Å². The summed E-state index contributed by atoms with van der Waals surface area (Å²) >= 11 is 0. The summed E-state index contributed by atoms with van der Waals surface area (Å²) in [5.74, 6) is -2.81. The number of aliphatic hydroxyl groups is 5. The zero-order valence-electron chi connectivity index (χ0n) is 88.3. The standard InChI is InChI=1S/C26H41N3O4.2C16H24N2O2.C15H26N2O3.C15H24N2O2.C12H17NO2.C12H15NO/c1-5-19-17(3)28-21-9-7-11-25(30,23(19)21)32-15-13-27-14-16-33-26(31)12-8-10-22-24(26)20(6-2)18(4)29-22;1-3-13-12(2)18(10-17-8-5-9-20-11-17)14-6-4-7-15(19)16(13)14;1-3-13-11(2)15-14(17-13)5-4-12(16(15)19)10-18-6-8-20-9-7-18;1-3-12-11(2)17-13-5-4-6-15(19,14(12)13)20-10-8-16-7-9-18;1-3-12-11(2)17-13-5-4-6-15(14(12)13)18-9-7-16-8-10-19-15;1-3-9-8(2)13(7-14)10-5-4-6-11(15)12(9)10;1-4-9-8(3)13-10-6-5-7(2)12(14)11(9)10/h27-31H,5-16H2,1-4H3;3-11H2,1-2H3;12,17H,3-10H2,1-2H3;16-19H,3-10H2,1-2H3;16-17H,3-10H2,1-2H3;14H,3-7H2,1-2H3;13H,2,4-6H2,1,3H3. The van der Waals surface area contributed by atoms with Crippen molar-refractivity contribution in [3.8, 4) is 0 Å². The smallest absolute Gasteiger partial charge is 0.196 e. The maximum Gasteiger partial charge on any atom is 0.196 e. The number of allylic oxidation sites excluding steroid dienone is 1. The second kappa shape index (κ2) is 50.9. The van der Waals surface area contributed by atoms with Gasteiger partial charge in [-0.2, -0.15) is 0 Å². The lowest BCUT2D eigenvalue weighted by Gasteiger charge is -2.39. The number of morpholine rings is 1. The number of ketones is 4. The monoisotopic (exact) mass is 1950 g/mol. The van der Waals surface area contributed by atoms with Crippen LogP contribution in [0.2, 0.25) is 0 Å². The normalized spacial score (nSPS) is 21.5. The minimum Gasteiger partial charge on any atom is -0.395 e. The van der Waals surface area contributed by atoms with Crippen LogP contribution < -0.4 is 16.0 Å². The second-order valence-corrected chi connectivity index (χ2v) is 40.3. The van der Waals surface area contributed by atoms with Crippen LogP contribution in [0.3, 0.4) is 0 Å². The van der Waals surface area contributed by atoms with E-state index in [-0.39, 0.29) is 30.8 Å². The van der Waals surface area contributed by atoms with Gasteiger partial charge in [-0.15, -0.1) is 0 Å². The predicted molar refractivity (Wildman–Crippen MR) is 551 cm³/mol. The van der Waals surface area contributed by atoms with Gasteiger partial charge in [0, 0.05) is 252 Å². The first-order valence-corrected chi connectivity index (χ1v) is 53.8. The number of hydrogen-bond donors (Lipinski definition) is 14. The third kappa shape index (κ3) is 24.8. The molecule has 8 aromatic heterocycles. The molecular weight excluding hydrogens is 1780 g/mol. The summed E-state index contributed by atoms with van der Waals surface area (Å²) in [5.41, 5.74) is 37.1. The van der Waals surface area contributed by atoms with Crippen molar-refractivity contribution >= 4 is 23.1 Å². The van der Waals surface area contributed by atoms with Gasteiger partial charge in [-0.3, -0.25) is 29.0 Å². The molecule has 0 amide bonds. The van der Waals surface area contributed by atoms with Gasteiger partial charge in [0.2, 0.25) is 0 Å². The van der Waals surface area contributed by atoms with Crippen molar-refractivity contribution in [3.63, 3.8) is 0 Å². The molecule has 4 atom stereocenters. The Bertz CT molecular complexity index is 5450. The van der Waals surface area contributed by atoms with Crippen LogP contribution >= 0.6 is 0 Å². The first-order valence-electron chi connectivity index (χ1n) is 53.8. The highest BCUT2D eigenvalue weighted by atomic mass is 16.7. The van der Waals surface area contributed by atoms with Crippen molar-refractivity contribution in [2.75, 3.05) is 132 Å². The zero-order chi connectivity index (χ0) is 101. The number of carbonyl (C=O) groups is 4. The van der Waals surface area contributed by atoms with Crippen molar-refractivity contribution in [1.29, 1.82) is 0 Å². The molecule has 780 valence electrons. The van der Waals surface area contributed by atoms with Gasteiger partial charge in [0.15, 0.2) is 46.3 Å². The summed E-state index contributed by atoms with van der Waals surface area (Å²) in [5, 5.41) is 61.1. The molecule has 3 aliphatic heterocycles. The minimum atomic E-state index is -1.21. The third-order valence-corrected chi connectivity index (χ3v) is 31.3. The lowest BCUT2D eigenvalue weighted by Crippen LogP contribution is -2.43. The van der Waals surface area contributed by atoms with Gasteiger partial charge < -0.3 is 114 Å². The number of Topliss-reactive ketones (excluding diaryl/α,β-unsaturated/α-hetero) is 4. The fourth-order valence-electron chi connectivity index (χ4n) is 24.4. The van der Waals surface area contributed by atoms with E-state index in [9.17, 15) is 39.6 Å². The number of fused-ring (bicyclic) bond motifs is 9. The van der Waals surface area contributed by atoms with Crippen LogP contribution in [-0.4, -0.2) is 229 Å². The van der Waals surface area contributed by atoms with Gasteiger partial charge in [-0.1, -0.05) is 62.0 Å². The van der Waals surface area contributed by atoms with Gasteiger partial charge in [0.1, 0.15) is 13.5 Å². The molecule has 0 aromatic carbocycles. The van der Waals surface area contributed by atoms with Crippen molar-refractivity contribution in [2.45, 2.75) is 346 Å². The molecular formula is C112H171N13O16. The van der Waals surface area contributed by atoms with E-state index >= 15 is 0 Å². The van der Waals surface area contributed by atoms with E-state index in [4.69, 9.17) is 38.3 Å². The maximum absolute atomic E-state index is 12.8. The van der Waals surface area contributed by atoms with Crippen molar-refractivity contribution in [2.24, 2.45) is 5.92 Å². The van der Waals surface area contributed by atoms with E-state index in [2.05, 4.69) is 164 Å². The highest BCUT2D eigenvalue weighted by molar-refractivity contribution is 6.11. The Labute approximate surface area is 837 Å². The van der Waals surface area contributed by atoms with Gasteiger partial charge in [0.05, 0.1) is 59.5 Å². The summed E-state index contributed by atoms with van der Waals surface area (Å²) in [4.78, 5) is 74.1. The molecule has 8 aliphatic carbocycles. The van der Waals surface area contributed by atoms with Crippen molar-refractivity contribution in [3.05, 3.63) is 192 Å². The molecule has 29 heteroatoms. The Hall–Kier alpha value is -8.02. The summed E-state index contributed by atoms with van der Waals surface area (Å²) in [6.45, 7) is 52.4. The zero-order valence-corrected chi connectivity index (χ0v) is 88.3. The Balaban J connectivity index is 0.000000141. The molecule has 8 aromatic rings. The van der Waals surface area contributed by atoms with Crippen LogP contribution in [0.4, 0.5) is 0 Å². The number of H-pyrrole nitrogens is 6. The number of hydrogen-bond acceptors (Lipinski definition) is 21. The fraction of sp³-hybridized carbons (Fsp3) is 0.661. The second-order valence-electron chi connectivity index (χ2n) is 40.3. The van der Waals surface area contributed by atoms with Crippen LogP contribution in [-0.2, 0) is 172 Å². The molecule has 29 nitrogen and oxygen atoms in total. The fourth-order valence-corrected chi connectivity index (χ4v) is 24.4. The number of aromatic amines is 6. The predicted octanol–water partition coefficient (Wildman–Crippen LogP) is 15.2. The van der Waals surface area contributed by atoms with E-state index in [1.165, 1.54) is 78.7 Å². The van der Waals surface area contributed by atoms with Crippen LogP contribution in [0, 0.1) is 61.3 Å². The van der Waals surface area contributed by atoms with Gasteiger partial charge in [-0.25, -0.2) is 0 Å². The molecule has 141 heavy (non-hydrogen) atoms. The molecule has 11 heterocycles. The first-order chi connectivity index (χ1) is 68.0. The molecule has 11 aliphatic rings. The molecule has 0 bridgehead atoms. The third-order valence-electron chi connectivity index (χ3n) is 31.3. The van der Waals surface area contributed by atoms with Crippen LogP contribution in [0.1, 0.15) is 351 Å². The molecule has 14 N–H and O–H groups in total. The average molecular weight is 1960 g/mol. The van der Waals surface area contributed by atoms with E-state index < -0.39 is 23.1 Å². The van der Waals surface area contributed by atoms with Gasteiger partial charge in [0.25, 0.3) is 0 Å². The number of aromatic nitrogens is 8. The largest absolute Gasteiger partial charge is 0.395 e. The summed E-state index contributed by atoms with van der Waals surface area (Å²) in [6.07, 6.45) is 28.2. The van der Waals surface area contributed by atoms with Crippen molar-refractivity contribution in [1.82, 2.24) is 64.8 Å². The number of rotatable bonds is 27. The van der Waals surface area contributed by atoms with Gasteiger partial charge >= 0.3 is 0 Å². The minimum absolute atomic E-state index is 0.0125. The number of ether oxygens (including phenoxy) is 7. The van der Waals surface area contributed by atoms with Gasteiger partial charge in [-0.05, 0) is 266 Å². The topological polar surface area (TPSA) is 381 Å². The highest BCUT2D eigenvalue weighted by Crippen LogP contribution is 2.47. The first kappa shape index (κ1) is 110. The van der Waals surface area contributed by atoms with Crippen molar-refractivity contribution < 1.29 is 77.9 Å². The van der Waals surface area contributed by atoms with E-state index in [0.717, 1.165) is 346 Å². The molecule has 3 saturated heterocycles. The maximum atomic E-state index is 12.8. The number of aliphatic hydroxyl groups excluding tert-OH is 2. The summed E-state index contributed by atoms with van der Waals surface area (Å²) < 4.78 is 45.4. The SMILES string of the molecule is C=C1CCc2[nH]c(C)c(CC)c2C1=O.CCc1[nH]c2c(c1C)C(=O)C(CN1CCOCC1)CC2.CCc1c(C)[nH]c2c1C(O)(OCCNCCO)CCC2.CCc1c(C)[nH]c2c1C(O)(OCCNCCOC1(O)CCCc3[nH]c(C)c(CC)c31)CCC2.CCc1c(C)[nH]c2c1C1(CCC2)OCCNCCO1.CCc1c2c(n(CN3CCCOC3)c1C)CCCC2=O.CCc1c2c(n(CO)c1C)CCCC2=O. The van der Waals surface area contributed by atoms with Crippen LogP contribution in [0.15, 0.2) is 12.2 Å². The van der Waals surface area contributed by atoms with Crippen LogP contribution in [0.25, 0.3) is 0 Å². The summed E-state index contributed by atoms with van der Waals surface area (Å²) in [6, 6.07) is 0.